The summed E-state index contributed by atoms with van der Waals surface area (Å²) >= 11 is 6.53. The standard InChI is InChI=1S/C16H26ClF3O3/c1-7-11(15(2,3)4)10(17)6-8-5-9(14(21)22)13(16(18,19)20)23-12(7)8/h7-14,21-22H,5-6H2,1-4H3. The van der Waals surface area contributed by atoms with Gasteiger partial charge in [-0.2, -0.15) is 13.2 Å². The number of hydrogen-bond acceptors (Lipinski definition) is 3. The molecule has 2 fully saturated rings. The number of rotatable bonds is 1. The molecule has 0 aromatic heterocycles. The van der Waals surface area contributed by atoms with Gasteiger partial charge in [0.2, 0.25) is 0 Å². The van der Waals surface area contributed by atoms with Gasteiger partial charge < -0.3 is 14.9 Å². The van der Waals surface area contributed by atoms with Crippen molar-refractivity contribution in [2.75, 3.05) is 0 Å². The van der Waals surface area contributed by atoms with Crippen LogP contribution >= 0.6 is 11.6 Å². The molecule has 0 amide bonds. The smallest absolute Gasteiger partial charge is 0.368 e. The number of alkyl halides is 4. The lowest BCUT2D eigenvalue weighted by Gasteiger charge is -2.53. The predicted octanol–water partition coefficient (Wildman–Crippen LogP) is 3.56. The average Bonchev–Trinajstić information content (AvgIpc) is 2.34. The van der Waals surface area contributed by atoms with E-state index in [1.54, 1.807) is 0 Å². The molecule has 0 spiro atoms. The molecule has 2 aliphatic rings. The van der Waals surface area contributed by atoms with Crippen molar-refractivity contribution in [2.24, 2.45) is 29.1 Å². The predicted molar refractivity (Wildman–Crippen MR) is 80.9 cm³/mol. The third-order valence-corrected chi connectivity index (χ3v) is 5.89. The van der Waals surface area contributed by atoms with Crippen molar-refractivity contribution in [2.45, 2.75) is 70.6 Å². The van der Waals surface area contributed by atoms with E-state index in [2.05, 4.69) is 0 Å². The number of aliphatic hydroxyl groups is 2. The number of ether oxygens (including phenoxy) is 1. The Labute approximate surface area is 140 Å². The first-order valence-corrected chi connectivity index (χ1v) is 8.50. The molecule has 2 rings (SSSR count). The molecule has 1 heterocycles. The fraction of sp³-hybridized carbons (Fsp3) is 1.00. The first kappa shape index (κ1) is 19.3. The fourth-order valence-corrected chi connectivity index (χ4v) is 5.51. The Morgan fingerprint density at radius 2 is 1.70 bits per heavy atom. The normalized spacial score (nSPS) is 42.7. The fourth-order valence-electron chi connectivity index (χ4n) is 4.67. The molecule has 3 nitrogen and oxygen atoms in total. The van der Waals surface area contributed by atoms with Gasteiger partial charge in [-0.05, 0) is 36.0 Å². The molecule has 0 aromatic rings. The molecule has 2 N–H and O–H groups in total. The molecule has 1 saturated carbocycles. The zero-order chi connectivity index (χ0) is 17.7. The molecule has 23 heavy (non-hydrogen) atoms. The first-order valence-electron chi connectivity index (χ1n) is 8.06. The number of aliphatic hydroxyl groups excluding tert-OH is 1. The summed E-state index contributed by atoms with van der Waals surface area (Å²) < 4.78 is 45.2. The summed E-state index contributed by atoms with van der Waals surface area (Å²) in [7, 11) is 0. The highest BCUT2D eigenvalue weighted by Crippen LogP contribution is 2.52. The van der Waals surface area contributed by atoms with Crippen LogP contribution in [0.3, 0.4) is 0 Å². The van der Waals surface area contributed by atoms with Gasteiger partial charge in [0.25, 0.3) is 0 Å². The topological polar surface area (TPSA) is 49.7 Å². The molecule has 7 heteroatoms. The second-order valence-corrected chi connectivity index (χ2v) is 8.70. The van der Waals surface area contributed by atoms with Crippen molar-refractivity contribution in [3.8, 4) is 0 Å². The summed E-state index contributed by atoms with van der Waals surface area (Å²) in [5.74, 6) is -1.64. The molecule has 7 atom stereocenters. The average molecular weight is 359 g/mol. The molecule has 1 aliphatic carbocycles. The maximum Gasteiger partial charge on any atom is 0.415 e. The first-order chi connectivity index (χ1) is 10.3. The molecular formula is C16H26ClF3O3. The van der Waals surface area contributed by atoms with E-state index in [0.29, 0.717) is 6.42 Å². The molecule has 0 bridgehead atoms. The van der Waals surface area contributed by atoms with Crippen LogP contribution in [0.5, 0.6) is 0 Å². The maximum absolute atomic E-state index is 13.3. The highest BCUT2D eigenvalue weighted by atomic mass is 35.5. The highest BCUT2D eigenvalue weighted by molar-refractivity contribution is 6.20. The maximum atomic E-state index is 13.3. The van der Waals surface area contributed by atoms with Crippen LogP contribution in [0.25, 0.3) is 0 Å². The van der Waals surface area contributed by atoms with Crippen molar-refractivity contribution in [3.63, 3.8) is 0 Å². The molecule has 7 unspecified atom stereocenters. The van der Waals surface area contributed by atoms with Crippen LogP contribution < -0.4 is 0 Å². The largest absolute Gasteiger partial charge is 0.415 e. The van der Waals surface area contributed by atoms with Crippen molar-refractivity contribution in [3.05, 3.63) is 0 Å². The van der Waals surface area contributed by atoms with Crippen LogP contribution in [0.15, 0.2) is 0 Å². The third kappa shape index (κ3) is 3.80. The van der Waals surface area contributed by atoms with Crippen molar-refractivity contribution in [1.29, 1.82) is 0 Å². The molecule has 136 valence electrons. The Balaban J connectivity index is 2.28. The molecular weight excluding hydrogens is 333 g/mol. The van der Waals surface area contributed by atoms with Gasteiger partial charge in [0.15, 0.2) is 12.4 Å². The Hall–Kier alpha value is -0.0400. The summed E-state index contributed by atoms with van der Waals surface area (Å²) in [6.45, 7) is 8.00. The van der Waals surface area contributed by atoms with Gasteiger partial charge in [0, 0.05) is 11.3 Å². The number of hydrogen-bond donors (Lipinski definition) is 2. The molecule has 1 saturated heterocycles. The van der Waals surface area contributed by atoms with Gasteiger partial charge in [0.1, 0.15) is 0 Å². The monoisotopic (exact) mass is 358 g/mol. The van der Waals surface area contributed by atoms with Crippen LogP contribution in [-0.4, -0.2) is 40.3 Å². The van der Waals surface area contributed by atoms with Crippen LogP contribution in [0.2, 0.25) is 0 Å². The Bertz CT molecular complexity index is 422. The SMILES string of the molecule is CC1C2OC(C(F)(F)F)C(C(O)O)CC2CC(Cl)C1C(C)(C)C. The third-order valence-electron chi connectivity index (χ3n) is 5.44. The highest BCUT2D eigenvalue weighted by Gasteiger charge is 2.57. The van der Waals surface area contributed by atoms with Gasteiger partial charge in [-0.15, -0.1) is 11.6 Å². The lowest BCUT2D eigenvalue weighted by Crippen LogP contribution is -2.58. The molecule has 1 aliphatic heterocycles. The van der Waals surface area contributed by atoms with Gasteiger partial charge in [-0.1, -0.05) is 27.7 Å². The number of fused-ring (bicyclic) bond motifs is 1. The van der Waals surface area contributed by atoms with E-state index < -0.39 is 30.6 Å². The van der Waals surface area contributed by atoms with E-state index in [1.807, 2.05) is 27.7 Å². The lowest BCUT2D eigenvalue weighted by atomic mass is 9.60. The minimum absolute atomic E-state index is 0.0369. The quantitative estimate of drug-likeness (QED) is 0.556. The lowest BCUT2D eigenvalue weighted by molar-refractivity contribution is -0.308. The zero-order valence-electron chi connectivity index (χ0n) is 13.8. The van der Waals surface area contributed by atoms with Crippen LogP contribution in [-0.2, 0) is 4.74 Å². The minimum Gasteiger partial charge on any atom is -0.368 e. The summed E-state index contributed by atoms with van der Waals surface area (Å²) in [6, 6.07) is 0. The Morgan fingerprint density at radius 1 is 1.13 bits per heavy atom. The van der Waals surface area contributed by atoms with E-state index >= 15 is 0 Å². The molecule has 0 aromatic carbocycles. The van der Waals surface area contributed by atoms with Gasteiger partial charge in [-0.3, -0.25) is 0 Å². The molecule has 0 radical (unpaired) electrons. The second-order valence-electron chi connectivity index (χ2n) is 8.14. The van der Waals surface area contributed by atoms with Gasteiger partial charge in [-0.25, -0.2) is 0 Å². The summed E-state index contributed by atoms with van der Waals surface area (Å²) in [6.07, 6.45) is -8.77. The Morgan fingerprint density at radius 3 is 2.13 bits per heavy atom. The number of halogens is 4. The zero-order valence-corrected chi connectivity index (χ0v) is 14.6. The summed E-state index contributed by atoms with van der Waals surface area (Å²) in [4.78, 5) is 0. The minimum atomic E-state index is -4.62. The van der Waals surface area contributed by atoms with E-state index in [1.165, 1.54) is 0 Å². The van der Waals surface area contributed by atoms with E-state index in [9.17, 15) is 23.4 Å². The van der Waals surface area contributed by atoms with Crippen molar-refractivity contribution >= 4 is 11.6 Å². The Kier molecular flexibility index (Phi) is 5.33. The second kappa shape index (κ2) is 6.36. The van der Waals surface area contributed by atoms with Crippen LogP contribution in [0.4, 0.5) is 13.2 Å². The van der Waals surface area contributed by atoms with Crippen LogP contribution in [0, 0.1) is 29.1 Å². The van der Waals surface area contributed by atoms with E-state index in [-0.39, 0.29) is 35.0 Å². The van der Waals surface area contributed by atoms with Gasteiger partial charge >= 0.3 is 6.18 Å². The van der Waals surface area contributed by atoms with Crippen LogP contribution in [0.1, 0.15) is 40.5 Å². The summed E-state index contributed by atoms with van der Waals surface area (Å²) in [5.41, 5.74) is -0.138. The van der Waals surface area contributed by atoms with Crippen molar-refractivity contribution < 1.29 is 28.1 Å². The van der Waals surface area contributed by atoms with Crippen molar-refractivity contribution in [1.82, 2.24) is 0 Å². The van der Waals surface area contributed by atoms with E-state index in [4.69, 9.17) is 16.3 Å². The summed E-state index contributed by atoms with van der Waals surface area (Å²) in [5, 5.41) is 18.6. The van der Waals surface area contributed by atoms with E-state index in [0.717, 1.165) is 0 Å². The van der Waals surface area contributed by atoms with Gasteiger partial charge in [0.05, 0.1) is 6.10 Å².